The van der Waals surface area contributed by atoms with Crippen LogP contribution in [0, 0.1) is 0 Å². The quantitative estimate of drug-likeness (QED) is 0.0959. The Morgan fingerprint density at radius 1 is 0.145 bits per heavy atom. The molecule has 110 heavy (non-hydrogen) atoms. The van der Waals surface area contributed by atoms with Gasteiger partial charge in [-0.3, -0.25) is 0 Å². The van der Waals surface area contributed by atoms with Crippen LogP contribution in [0.2, 0.25) is 0 Å². The average Bonchev–Trinajstić information content (AvgIpc) is 1.58. The number of anilines is 6. The Balaban J connectivity index is 0.550. The minimum atomic E-state index is 1.08. The molecule has 20 rings (SSSR count). The molecule has 0 amide bonds. The van der Waals surface area contributed by atoms with Crippen LogP contribution >= 0.6 is 0 Å². The lowest BCUT2D eigenvalue weighted by atomic mass is 9.97. The molecule has 0 saturated heterocycles. The Bertz CT molecular complexity index is 6640. The van der Waals surface area contributed by atoms with Gasteiger partial charge in [0.1, 0.15) is 0 Å². The van der Waals surface area contributed by atoms with E-state index in [0.717, 1.165) is 62.1 Å². The molecule has 4 heteroatoms. The van der Waals surface area contributed by atoms with Crippen LogP contribution in [0.1, 0.15) is 0 Å². The molecule has 0 N–H and O–H groups in total. The van der Waals surface area contributed by atoms with E-state index in [2.05, 4.69) is 456 Å². The van der Waals surface area contributed by atoms with Crippen LogP contribution in [0.3, 0.4) is 0 Å². The molecule has 0 radical (unpaired) electrons. The first-order chi connectivity index (χ1) is 54.5. The Labute approximate surface area is 640 Å². The summed E-state index contributed by atoms with van der Waals surface area (Å²) < 4.78 is 4.84. The lowest BCUT2D eigenvalue weighted by Gasteiger charge is -2.26. The minimum Gasteiger partial charge on any atom is -0.311 e. The number of hydrogen-bond acceptors (Lipinski definition) is 2. The first kappa shape index (κ1) is 65.0. The van der Waals surface area contributed by atoms with Crippen molar-refractivity contribution in [2.24, 2.45) is 0 Å². The highest BCUT2D eigenvalue weighted by Crippen LogP contribution is 2.44. The van der Waals surface area contributed by atoms with Gasteiger partial charge >= 0.3 is 0 Å². The fourth-order valence-corrected chi connectivity index (χ4v) is 16.4. The van der Waals surface area contributed by atoms with Crippen molar-refractivity contribution in [2.45, 2.75) is 0 Å². The van der Waals surface area contributed by atoms with Crippen molar-refractivity contribution < 1.29 is 0 Å². The number of hydrogen-bond donors (Lipinski definition) is 0. The fourth-order valence-electron chi connectivity index (χ4n) is 16.4. The fraction of sp³-hybridized carbons (Fsp3) is 0. The second-order valence-corrected chi connectivity index (χ2v) is 28.4. The maximum atomic E-state index is 2.43. The molecule has 516 valence electrons. The van der Waals surface area contributed by atoms with Crippen LogP contribution in [0.25, 0.3) is 155 Å². The molecule has 0 fully saturated rings. The molecule has 18 aromatic carbocycles. The second-order valence-electron chi connectivity index (χ2n) is 28.4. The van der Waals surface area contributed by atoms with Crippen molar-refractivity contribution in [3.63, 3.8) is 0 Å². The van der Waals surface area contributed by atoms with E-state index >= 15 is 0 Å². The van der Waals surface area contributed by atoms with Gasteiger partial charge in [0.05, 0.1) is 27.8 Å². The van der Waals surface area contributed by atoms with Gasteiger partial charge in [0.2, 0.25) is 0 Å². The average molecular weight is 1400 g/mol. The summed E-state index contributed by atoms with van der Waals surface area (Å²) in [6.07, 6.45) is 0. The van der Waals surface area contributed by atoms with E-state index in [1.54, 1.807) is 0 Å². The molecular formula is C106H72N4. The Morgan fingerprint density at radius 3 is 0.782 bits per heavy atom. The predicted octanol–water partition coefficient (Wildman–Crippen LogP) is 29.3. The molecule has 0 unspecified atom stereocenters. The highest BCUT2D eigenvalue weighted by Gasteiger charge is 2.21. The number of fused-ring (bicyclic) bond motifs is 7. The standard InChI is InChI=1S/C106H72N4/c1-4-18-73(19-5-1)77-38-54-90(55-39-77)107(91-56-40-78(41-57-91)74-20-6-2-7-21-74)94-62-48-83(49-63-94)88-52-68-105-100(71-88)98-29-12-14-31-103(98)109(105)96-66-44-80(45-67-96)76-34-36-81(37-35-76)86-26-16-27-87(70-86)82-46-60-93(61-47-82)108(92-58-42-79(43-59-92)75-22-8-3-9-23-75)95-64-50-84(51-65-95)89-53-69-106-101(72-89)99-30-13-15-32-104(99)110(106)102-33-17-25-85-24-10-11-28-97(85)102/h1-72H. The monoisotopic (exact) mass is 1400 g/mol. The van der Waals surface area contributed by atoms with Gasteiger partial charge in [-0.25, -0.2) is 0 Å². The first-order valence-corrected chi connectivity index (χ1v) is 37.8. The summed E-state index contributed by atoms with van der Waals surface area (Å²) in [6.45, 7) is 0. The molecule has 20 aromatic rings. The van der Waals surface area contributed by atoms with Crippen molar-refractivity contribution in [1.29, 1.82) is 0 Å². The first-order valence-electron chi connectivity index (χ1n) is 37.8. The number of nitrogens with zero attached hydrogens (tertiary/aromatic N) is 4. The van der Waals surface area contributed by atoms with Crippen LogP contribution in [0.4, 0.5) is 34.1 Å². The highest BCUT2D eigenvalue weighted by molar-refractivity contribution is 6.13. The topological polar surface area (TPSA) is 16.3 Å². The number of rotatable bonds is 16. The van der Waals surface area contributed by atoms with Gasteiger partial charge in [0.15, 0.2) is 0 Å². The van der Waals surface area contributed by atoms with E-state index in [0.29, 0.717) is 0 Å². The van der Waals surface area contributed by atoms with E-state index in [1.807, 2.05) is 0 Å². The van der Waals surface area contributed by atoms with Crippen LogP contribution in [0.15, 0.2) is 437 Å². The van der Waals surface area contributed by atoms with Gasteiger partial charge in [-0.2, -0.15) is 0 Å². The Morgan fingerprint density at radius 2 is 0.391 bits per heavy atom. The Hall–Kier alpha value is -14.6. The van der Waals surface area contributed by atoms with Gasteiger partial charge in [-0.05, 0) is 228 Å². The molecule has 2 aromatic heterocycles. The van der Waals surface area contributed by atoms with Crippen molar-refractivity contribution >= 4 is 88.5 Å². The summed E-state index contributed by atoms with van der Waals surface area (Å²) in [5.74, 6) is 0. The molecular weight excluding hydrogens is 1330 g/mol. The lowest BCUT2D eigenvalue weighted by Crippen LogP contribution is -2.09. The van der Waals surface area contributed by atoms with Gasteiger partial charge in [-0.1, -0.05) is 303 Å². The largest absolute Gasteiger partial charge is 0.311 e. The summed E-state index contributed by atoms with van der Waals surface area (Å²) in [6, 6.07) is 159. The van der Waals surface area contributed by atoms with Crippen LogP contribution < -0.4 is 9.80 Å². The lowest BCUT2D eigenvalue weighted by molar-refractivity contribution is 1.18. The molecule has 4 nitrogen and oxygen atoms in total. The smallest absolute Gasteiger partial charge is 0.0541 e. The second kappa shape index (κ2) is 28.0. The zero-order valence-electron chi connectivity index (χ0n) is 60.4. The van der Waals surface area contributed by atoms with E-state index in [1.165, 1.54) is 127 Å². The maximum absolute atomic E-state index is 2.43. The summed E-state index contributed by atoms with van der Waals surface area (Å²) in [7, 11) is 0. The van der Waals surface area contributed by atoms with E-state index < -0.39 is 0 Å². The van der Waals surface area contributed by atoms with Crippen LogP contribution in [-0.4, -0.2) is 9.13 Å². The molecule has 0 spiro atoms. The third-order valence-corrected chi connectivity index (χ3v) is 22.0. The van der Waals surface area contributed by atoms with Gasteiger partial charge < -0.3 is 18.9 Å². The predicted molar refractivity (Wildman–Crippen MR) is 465 cm³/mol. The highest BCUT2D eigenvalue weighted by atomic mass is 15.1. The molecule has 0 aliphatic carbocycles. The normalized spacial score (nSPS) is 11.5. The third kappa shape index (κ3) is 12.1. The SMILES string of the molecule is c1ccc(-c2ccc(N(c3ccc(-c4ccccc4)cc3)c3ccc(-c4ccc5c(c4)c4ccccc4n5-c4ccc(-c5ccc(-c6cccc(-c7ccc(N(c8ccc(-c9ccccc9)cc8)c8ccc(-c9ccc%10c(c9)c9ccccc9n%10-c9cccc%10ccccc9%10)cc8)cc7)c6)cc5)cc4)cc3)cc2)cc1. The molecule has 0 bridgehead atoms. The summed E-state index contributed by atoms with van der Waals surface area (Å²) in [4.78, 5) is 4.71. The summed E-state index contributed by atoms with van der Waals surface area (Å²) in [5, 5.41) is 7.38. The number of aromatic nitrogens is 2. The third-order valence-electron chi connectivity index (χ3n) is 22.0. The molecule has 0 atom stereocenters. The molecule has 0 aliphatic rings. The van der Waals surface area contributed by atoms with Crippen LogP contribution in [0.5, 0.6) is 0 Å². The molecule has 0 aliphatic heterocycles. The summed E-state index contributed by atoms with van der Waals surface area (Å²) >= 11 is 0. The van der Waals surface area contributed by atoms with Gasteiger partial charge in [-0.15, -0.1) is 0 Å². The van der Waals surface area contributed by atoms with Crippen molar-refractivity contribution in [3.8, 4) is 100 Å². The maximum Gasteiger partial charge on any atom is 0.0541 e. The van der Waals surface area contributed by atoms with Crippen molar-refractivity contribution in [3.05, 3.63) is 437 Å². The van der Waals surface area contributed by atoms with E-state index in [4.69, 9.17) is 0 Å². The van der Waals surface area contributed by atoms with Crippen molar-refractivity contribution in [2.75, 3.05) is 9.80 Å². The number of benzene rings is 18. The zero-order chi connectivity index (χ0) is 72.9. The molecule has 2 heterocycles. The van der Waals surface area contributed by atoms with Crippen molar-refractivity contribution in [1.82, 2.24) is 9.13 Å². The van der Waals surface area contributed by atoms with E-state index in [9.17, 15) is 0 Å². The minimum absolute atomic E-state index is 1.08. The number of para-hydroxylation sites is 2. The molecule has 0 saturated carbocycles. The zero-order valence-corrected chi connectivity index (χ0v) is 60.4. The van der Waals surface area contributed by atoms with Gasteiger partial charge in [0, 0.05) is 66.7 Å². The van der Waals surface area contributed by atoms with Gasteiger partial charge in [0.25, 0.3) is 0 Å². The van der Waals surface area contributed by atoms with E-state index in [-0.39, 0.29) is 0 Å². The van der Waals surface area contributed by atoms with Crippen LogP contribution in [-0.2, 0) is 0 Å². The Kier molecular flexibility index (Phi) is 16.6. The summed E-state index contributed by atoms with van der Waals surface area (Å²) in [5.41, 5.74) is 32.4.